The summed E-state index contributed by atoms with van der Waals surface area (Å²) in [6, 6.07) is 5.48. The molecule has 0 radical (unpaired) electrons. The van der Waals surface area contributed by atoms with E-state index in [9.17, 15) is 9.90 Å². The predicted molar refractivity (Wildman–Crippen MR) is 83.9 cm³/mol. The fourth-order valence-corrected chi connectivity index (χ4v) is 2.49. The highest BCUT2D eigenvalue weighted by atomic mass is 16.5. The van der Waals surface area contributed by atoms with Gasteiger partial charge in [-0.1, -0.05) is 6.07 Å². The first kappa shape index (κ1) is 16.6. The maximum Gasteiger partial charge on any atom is 0.251 e. The van der Waals surface area contributed by atoms with Crippen molar-refractivity contribution in [2.24, 2.45) is 0 Å². The summed E-state index contributed by atoms with van der Waals surface area (Å²) in [6.45, 7) is 6.16. The van der Waals surface area contributed by atoms with Gasteiger partial charge in [0.2, 0.25) is 0 Å². The zero-order valence-electron chi connectivity index (χ0n) is 13.7. The van der Waals surface area contributed by atoms with Crippen molar-refractivity contribution in [2.45, 2.75) is 58.4 Å². The number of aromatic hydroxyl groups is 1. The Bertz CT molecular complexity index is 525. The fraction of sp³-hybridized carbons (Fsp3) is 0.588. The van der Waals surface area contributed by atoms with Gasteiger partial charge in [0.15, 0.2) is 11.5 Å². The number of nitrogens with zero attached hydrogens (tertiary/aromatic N) is 1. The molecule has 1 aromatic carbocycles. The number of phenolic OH excluding ortho intramolecular Hbond substituents is 1. The van der Waals surface area contributed by atoms with Gasteiger partial charge in [0.1, 0.15) is 6.10 Å². The quantitative estimate of drug-likeness (QED) is 0.841. The Balaban J connectivity index is 2.10. The molecule has 1 saturated carbocycles. The second-order valence-electron chi connectivity index (χ2n) is 6.03. The highest BCUT2D eigenvalue weighted by Crippen LogP contribution is 2.31. The summed E-state index contributed by atoms with van der Waals surface area (Å²) in [4.78, 5) is 14.5. The van der Waals surface area contributed by atoms with Gasteiger partial charge in [0.25, 0.3) is 5.91 Å². The number of carbonyl (C=O) groups is 1. The maximum absolute atomic E-state index is 12.6. The van der Waals surface area contributed by atoms with Gasteiger partial charge in [-0.25, -0.2) is 0 Å². The third-order valence-electron chi connectivity index (χ3n) is 3.69. The van der Waals surface area contributed by atoms with Gasteiger partial charge in [-0.15, -0.1) is 0 Å². The molecule has 1 fully saturated rings. The van der Waals surface area contributed by atoms with Gasteiger partial charge in [-0.2, -0.15) is 0 Å². The molecule has 0 saturated heterocycles. The van der Waals surface area contributed by atoms with Crippen LogP contribution in [0, 0.1) is 0 Å². The molecule has 5 heteroatoms. The molecule has 1 N–H and O–H groups in total. The number of phenols is 1. The summed E-state index contributed by atoms with van der Waals surface area (Å²) in [6.07, 6.45) is 1.65. The molecular formula is C17H25NO4. The van der Waals surface area contributed by atoms with Gasteiger partial charge in [0, 0.05) is 12.6 Å². The fourth-order valence-electron chi connectivity index (χ4n) is 2.49. The van der Waals surface area contributed by atoms with Gasteiger partial charge in [0.05, 0.1) is 13.2 Å². The molecule has 0 aliphatic heterocycles. The Morgan fingerprint density at radius 3 is 2.59 bits per heavy atom. The number of methoxy groups -OCH3 is 1. The number of rotatable bonds is 7. The topological polar surface area (TPSA) is 59.0 Å². The number of carbonyl (C=O) groups excluding carboxylic acids is 1. The summed E-state index contributed by atoms with van der Waals surface area (Å²) in [7, 11) is 1.52. The predicted octanol–water partition coefficient (Wildman–Crippen LogP) is 2.71. The smallest absolute Gasteiger partial charge is 0.251 e. The number of hydrogen-bond acceptors (Lipinski definition) is 4. The molecule has 1 aromatic rings. The molecule has 1 aliphatic rings. The summed E-state index contributed by atoms with van der Waals surface area (Å²) in [5.41, 5.74) is 0.937. The molecule has 0 aromatic heterocycles. The van der Waals surface area contributed by atoms with Crippen molar-refractivity contribution in [2.75, 3.05) is 7.11 Å². The van der Waals surface area contributed by atoms with E-state index in [0.29, 0.717) is 18.3 Å². The zero-order chi connectivity index (χ0) is 16.3. The van der Waals surface area contributed by atoms with Crippen molar-refractivity contribution in [3.05, 3.63) is 23.8 Å². The van der Waals surface area contributed by atoms with Crippen LogP contribution >= 0.6 is 0 Å². The first-order valence-electron chi connectivity index (χ1n) is 7.74. The lowest BCUT2D eigenvalue weighted by atomic mass is 10.1. The Hall–Kier alpha value is -1.75. The largest absolute Gasteiger partial charge is 0.504 e. The lowest BCUT2D eigenvalue weighted by Crippen LogP contribution is -2.41. The van der Waals surface area contributed by atoms with Crippen LogP contribution in [0.5, 0.6) is 11.5 Å². The molecule has 0 bridgehead atoms. The minimum atomic E-state index is -0.445. The molecule has 5 nitrogen and oxygen atoms in total. The number of amides is 1. The molecule has 0 heterocycles. The summed E-state index contributed by atoms with van der Waals surface area (Å²) < 4.78 is 10.7. The van der Waals surface area contributed by atoms with E-state index < -0.39 is 6.10 Å². The van der Waals surface area contributed by atoms with Crippen LogP contribution in [0.3, 0.4) is 0 Å². The van der Waals surface area contributed by atoms with Gasteiger partial charge >= 0.3 is 0 Å². The molecular weight excluding hydrogens is 282 g/mol. The Morgan fingerprint density at radius 2 is 2.05 bits per heavy atom. The molecule has 1 atom stereocenters. The first-order chi connectivity index (χ1) is 10.4. The third kappa shape index (κ3) is 4.13. The number of benzene rings is 1. The first-order valence-corrected chi connectivity index (χ1v) is 7.74. The SMILES string of the molecule is COc1cc(CN(C(=O)C(C)OC(C)C)C2CC2)ccc1O. The van der Waals surface area contributed by atoms with E-state index in [1.165, 1.54) is 7.11 Å². The van der Waals surface area contributed by atoms with Crippen molar-refractivity contribution in [1.29, 1.82) is 0 Å². The Labute approximate surface area is 131 Å². The van der Waals surface area contributed by atoms with Crippen molar-refractivity contribution in [1.82, 2.24) is 4.90 Å². The lowest BCUT2D eigenvalue weighted by molar-refractivity contribution is -0.146. The second-order valence-corrected chi connectivity index (χ2v) is 6.03. The summed E-state index contributed by atoms with van der Waals surface area (Å²) >= 11 is 0. The van der Waals surface area contributed by atoms with Gasteiger partial charge in [-0.3, -0.25) is 4.79 Å². The van der Waals surface area contributed by atoms with Crippen LogP contribution in [0.25, 0.3) is 0 Å². The van der Waals surface area contributed by atoms with Gasteiger partial charge in [-0.05, 0) is 51.3 Å². The Morgan fingerprint density at radius 1 is 1.36 bits per heavy atom. The van der Waals surface area contributed by atoms with E-state index in [1.54, 1.807) is 19.1 Å². The minimum absolute atomic E-state index is 0.0169. The van der Waals surface area contributed by atoms with Crippen molar-refractivity contribution >= 4 is 5.91 Å². The Kier molecular flexibility index (Phi) is 5.29. The van der Waals surface area contributed by atoms with Crippen molar-refractivity contribution in [3.63, 3.8) is 0 Å². The van der Waals surface area contributed by atoms with E-state index in [0.717, 1.165) is 18.4 Å². The van der Waals surface area contributed by atoms with Crippen LogP contribution < -0.4 is 4.74 Å². The normalized spacial score (nSPS) is 15.7. The van der Waals surface area contributed by atoms with E-state index in [1.807, 2.05) is 24.8 Å². The van der Waals surface area contributed by atoms with Crippen LogP contribution in [-0.2, 0) is 16.1 Å². The van der Waals surface area contributed by atoms with Crippen LogP contribution in [0.4, 0.5) is 0 Å². The third-order valence-corrected chi connectivity index (χ3v) is 3.69. The summed E-state index contributed by atoms with van der Waals surface area (Å²) in [5.74, 6) is 0.544. The van der Waals surface area contributed by atoms with E-state index >= 15 is 0 Å². The maximum atomic E-state index is 12.6. The number of hydrogen-bond donors (Lipinski definition) is 1. The highest BCUT2D eigenvalue weighted by Gasteiger charge is 2.35. The van der Waals surface area contributed by atoms with Crippen molar-refractivity contribution < 1.29 is 19.4 Å². The molecule has 1 amide bonds. The molecule has 1 aliphatic carbocycles. The molecule has 22 heavy (non-hydrogen) atoms. The average molecular weight is 307 g/mol. The molecule has 0 spiro atoms. The monoisotopic (exact) mass is 307 g/mol. The molecule has 122 valence electrons. The van der Waals surface area contributed by atoms with Crippen LogP contribution in [-0.4, -0.2) is 41.3 Å². The molecule has 2 rings (SSSR count). The standard InChI is InChI=1S/C17H25NO4/c1-11(2)22-12(3)17(20)18(14-6-7-14)10-13-5-8-15(19)16(9-13)21-4/h5,8-9,11-12,14,19H,6-7,10H2,1-4H3. The van der Waals surface area contributed by atoms with E-state index in [4.69, 9.17) is 9.47 Å². The van der Waals surface area contributed by atoms with Crippen molar-refractivity contribution in [3.8, 4) is 11.5 Å². The number of ether oxygens (including phenoxy) is 2. The van der Waals surface area contributed by atoms with Crippen LogP contribution in [0.1, 0.15) is 39.2 Å². The van der Waals surface area contributed by atoms with Crippen LogP contribution in [0.2, 0.25) is 0 Å². The molecule has 1 unspecified atom stereocenters. The van der Waals surface area contributed by atoms with E-state index in [2.05, 4.69) is 0 Å². The lowest BCUT2D eigenvalue weighted by Gasteiger charge is -2.27. The highest BCUT2D eigenvalue weighted by molar-refractivity contribution is 5.81. The average Bonchev–Trinajstić information content (AvgIpc) is 3.29. The second kappa shape index (κ2) is 7.01. The zero-order valence-corrected chi connectivity index (χ0v) is 13.7. The minimum Gasteiger partial charge on any atom is -0.504 e. The van der Waals surface area contributed by atoms with Crippen LogP contribution in [0.15, 0.2) is 18.2 Å². The van der Waals surface area contributed by atoms with E-state index in [-0.39, 0.29) is 17.8 Å². The summed E-state index contributed by atoms with van der Waals surface area (Å²) in [5, 5.41) is 9.66. The van der Waals surface area contributed by atoms with Gasteiger partial charge < -0.3 is 19.5 Å².